The molecule has 2 aromatic rings. The highest BCUT2D eigenvalue weighted by Crippen LogP contribution is 2.18. The normalized spacial score (nSPS) is 10.7. The van der Waals surface area contributed by atoms with Crippen LogP contribution in [0.3, 0.4) is 0 Å². The standard InChI is InChI=1S/C15H14ClN/c1-17-14-10-7-12(8-11-14)6-9-13-4-2-3-5-15(13)16/h2-11,17H,1H3. The number of hydrogen-bond donors (Lipinski definition) is 1. The van der Waals surface area contributed by atoms with E-state index in [4.69, 9.17) is 11.6 Å². The number of rotatable bonds is 3. The van der Waals surface area contributed by atoms with Crippen LogP contribution in [0.5, 0.6) is 0 Å². The first kappa shape index (κ1) is 11.7. The lowest BCUT2D eigenvalue weighted by atomic mass is 10.1. The Labute approximate surface area is 107 Å². The van der Waals surface area contributed by atoms with Gasteiger partial charge in [-0.15, -0.1) is 0 Å². The molecule has 0 fully saturated rings. The predicted molar refractivity (Wildman–Crippen MR) is 76.4 cm³/mol. The van der Waals surface area contributed by atoms with Gasteiger partial charge in [-0.25, -0.2) is 0 Å². The van der Waals surface area contributed by atoms with Crippen LogP contribution in [0.2, 0.25) is 5.02 Å². The maximum atomic E-state index is 6.08. The first-order valence-corrected chi connectivity index (χ1v) is 5.88. The molecule has 0 aromatic heterocycles. The van der Waals surface area contributed by atoms with Crippen LogP contribution >= 0.6 is 11.6 Å². The monoisotopic (exact) mass is 243 g/mol. The van der Waals surface area contributed by atoms with Crippen molar-refractivity contribution in [1.82, 2.24) is 0 Å². The molecule has 0 aliphatic rings. The topological polar surface area (TPSA) is 12.0 Å². The summed E-state index contributed by atoms with van der Waals surface area (Å²) in [6.07, 6.45) is 4.08. The lowest BCUT2D eigenvalue weighted by molar-refractivity contribution is 1.51. The molecule has 0 bridgehead atoms. The highest BCUT2D eigenvalue weighted by atomic mass is 35.5. The Hall–Kier alpha value is -1.73. The van der Waals surface area contributed by atoms with E-state index in [2.05, 4.69) is 23.5 Å². The van der Waals surface area contributed by atoms with Gasteiger partial charge in [0.1, 0.15) is 0 Å². The molecule has 0 heterocycles. The quantitative estimate of drug-likeness (QED) is 0.780. The Kier molecular flexibility index (Phi) is 3.84. The summed E-state index contributed by atoms with van der Waals surface area (Å²) in [7, 11) is 1.91. The first-order valence-electron chi connectivity index (χ1n) is 5.50. The van der Waals surface area contributed by atoms with Gasteiger partial charge in [0.25, 0.3) is 0 Å². The van der Waals surface area contributed by atoms with Crippen molar-refractivity contribution in [3.8, 4) is 0 Å². The van der Waals surface area contributed by atoms with E-state index in [0.717, 1.165) is 21.8 Å². The molecule has 2 aromatic carbocycles. The summed E-state index contributed by atoms with van der Waals surface area (Å²) in [5.41, 5.74) is 3.30. The van der Waals surface area contributed by atoms with E-state index in [1.54, 1.807) is 0 Å². The molecule has 0 aliphatic carbocycles. The average Bonchev–Trinajstić information content (AvgIpc) is 2.38. The summed E-state index contributed by atoms with van der Waals surface area (Å²) >= 11 is 6.08. The number of halogens is 1. The second kappa shape index (κ2) is 5.55. The van der Waals surface area contributed by atoms with Crippen LogP contribution < -0.4 is 5.32 Å². The maximum Gasteiger partial charge on any atom is 0.0478 e. The molecule has 0 unspecified atom stereocenters. The van der Waals surface area contributed by atoms with Gasteiger partial charge < -0.3 is 5.32 Å². The fraction of sp³-hybridized carbons (Fsp3) is 0.0667. The van der Waals surface area contributed by atoms with Crippen molar-refractivity contribution in [1.29, 1.82) is 0 Å². The molecule has 17 heavy (non-hydrogen) atoms. The molecule has 0 spiro atoms. The molecule has 0 aliphatic heterocycles. The molecule has 0 saturated heterocycles. The van der Waals surface area contributed by atoms with E-state index in [9.17, 15) is 0 Å². The van der Waals surface area contributed by atoms with Crippen molar-refractivity contribution in [3.63, 3.8) is 0 Å². The van der Waals surface area contributed by atoms with Crippen LogP contribution in [0, 0.1) is 0 Å². The minimum absolute atomic E-state index is 0.774. The molecule has 0 atom stereocenters. The summed E-state index contributed by atoms with van der Waals surface area (Å²) in [5, 5.41) is 3.87. The fourth-order valence-corrected chi connectivity index (χ4v) is 1.76. The summed E-state index contributed by atoms with van der Waals surface area (Å²) in [5.74, 6) is 0. The van der Waals surface area contributed by atoms with Crippen molar-refractivity contribution in [3.05, 3.63) is 64.7 Å². The molecule has 86 valence electrons. The Morgan fingerprint density at radius 3 is 2.29 bits per heavy atom. The molecule has 1 N–H and O–H groups in total. The van der Waals surface area contributed by atoms with E-state index in [0.29, 0.717) is 0 Å². The van der Waals surface area contributed by atoms with Crippen LogP contribution in [-0.2, 0) is 0 Å². The maximum absolute atomic E-state index is 6.08. The minimum atomic E-state index is 0.774. The zero-order valence-corrected chi connectivity index (χ0v) is 10.4. The first-order chi connectivity index (χ1) is 8.29. The van der Waals surface area contributed by atoms with E-state index in [1.807, 2.05) is 49.5 Å². The Balaban J connectivity index is 2.17. The van der Waals surface area contributed by atoms with Crippen molar-refractivity contribution in [2.24, 2.45) is 0 Å². The third-order valence-electron chi connectivity index (χ3n) is 2.56. The predicted octanol–water partition coefficient (Wildman–Crippen LogP) is 4.55. The molecule has 0 amide bonds. The van der Waals surface area contributed by atoms with Crippen LogP contribution in [-0.4, -0.2) is 7.05 Å². The minimum Gasteiger partial charge on any atom is -0.388 e. The van der Waals surface area contributed by atoms with Gasteiger partial charge in [-0.05, 0) is 29.3 Å². The molecule has 2 heteroatoms. The summed E-state index contributed by atoms with van der Waals surface area (Å²) in [6, 6.07) is 16.0. The van der Waals surface area contributed by atoms with Gasteiger partial charge in [-0.3, -0.25) is 0 Å². The van der Waals surface area contributed by atoms with Gasteiger partial charge in [0.15, 0.2) is 0 Å². The summed E-state index contributed by atoms with van der Waals surface area (Å²) < 4.78 is 0. The SMILES string of the molecule is CNc1ccc(C=Cc2ccccc2Cl)cc1. The zero-order valence-electron chi connectivity index (χ0n) is 9.65. The number of anilines is 1. The Bertz CT molecular complexity index is 515. The van der Waals surface area contributed by atoms with Crippen molar-refractivity contribution < 1.29 is 0 Å². The Morgan fingerprint density at radius 1 is 0.941 bits per heavy atom. The summed E-state index contributed by atoms with van der Waals surface area (Å²) in [6.45, 7) is 0. The van der Waals surface area contributed by atoms with Crippen molar-refractivity contribution in [2.45, 2.75) is 0 Å². The van der Waals surface area contributed by atoms with Gasteiger partial charge in [-0.2, -0.15) is 0 Å². The zero-order chi connectivity index (χ0) is 12.1. The second-order valence-corrected chi connectivity index (χ2v) is 4.13. The molecule has 1 nitrogen and oxygen atoms in total. The molecule has 0 radical (unpaired) electrons. The van der Waals surface area contributed by atoms with Gasteiger partial charge in [0.2, 0.25) is 0 Å². The summed E-state index contributed by atoms with van der Waals surface area (Å²) in [4.78, 5) is 0. The van der Waals surface area contributed by atoms with Crippen LogP contribution in [0.25, 0.3) is 12.2 Å². The lowest BCUT2D eigenvalue weighted by Crippen LogP contribution is -1.86. The average molecular weight is 244 g/mol. The molecule has 0 saturated carbocycles. The number of hydrogen-bond acceptors (Lipinski definition) is 1. The highest BCUT2D eigenvalue weighted by Gasteiger charge is 1.93. The van der Waals surface area contributed by atoms with Crippen molar-refractivity contribution in [2.75, 3.05) is 12.4 Å². The van der Waals surface area contributed by atoms with E-state index in [1.165, 1.54) is 0 Å². The molecule has 2 rings (SSSR count). The van der Waals surface area contributed by atoms with Gasteiger partial charge in [-0.1, -0.05) is 54.1 Å². The molecular weight excluding hydrogens is 230 g/mol. The van der Waals surface area contributed by atoms with E-state index < -0.39 is 0 Å². The smallest absolute Gasteiger partial charge is 0.0478 e. The third kappa shape index (κ3) is 3.11. The van der Waals surface area contributed by atoms with Gasteiger partial charge in [0, 0.05) is 17.8 Å². The van der Waals surface area contributed by atoms with E-state index in [-0.39, 0.29) is 0 Å². The third-order valence-corrected chi connectivity index (χ3v) is 2.90. The Morgan fingerprint density at radius 2 is 1.65 bits per heavy atom. The molecular formula is C15H14ClN. The van der Waals surface area contributed by atoms with Gasteiger partial charge >= 0.3 is 0 Å². The second-order valence-electron chi connectivity index (χ2n) is 3.73. The lowest BCUT2D eigenvalue weighted by Gasteiger charge is -2.00. The number of nitrogens with one attached hydrogen (secondary N) is 1. The van der Waals surface area contributed by atoms with Crippen LogP contribution in [0.4, 0.5) is 5.69 Å². The van der Waals surface area contributed by atoms with Crippen LogP contribution in [0.15, 0.2) is 48.5 Å². The largest absolute Gasteiger partial charge is 0.388 e. The highest BCUT2D eigenvalue weighted by molar-refractivity contribution is 6.32. The number of benzene rings is 2. The van der Waals surface area contributed by atoms with E-state index >= 15 is 0 Å². The van der Waals surface area contributed by atoms with Gasteiger partial charge in [0.05, 0.1) is 0 Å². The van der Waals surface area contributed by atoms with Crippen LogP contribution in [0.1, 0.15) is 11.1 Å². The fourth-order valence-electron chi connectivity index (χ4n) is 1.56. The van der Waals surface area contributed by atoms with Crippen molar-refractivity contribution >= 4 is 29.4 Å².